The number of rotatable bonds is 9. The number of amides is 3. The van der Waals surface area contributed by atoms with Gasteiger partial charge in [0, 0.05) is 19.5 Å². The second-order valence-electron chi connectivity index (χ2n) is 9.89. The number of ether oxygens (including phenoxy) is 3. The van der Waals surface area contributed by atoms with Crippen LogP contribution in [-0.2, 0) is 36.9 Å². The van der Waals surface area contributed by atoms with Crippen molar-refractivity contribution in [1.82, 2.24) is 15.1 Å². The van der Waals surface area contributed by atoms with Crippen LogP contribution >= 0.6 is 0 Å². The Balaban J connectivity index is 1.79. The Morgan fingerprint density at radius 1 is 1.00 bits per heavy atom. The maximum Gasteiger partial charge on any atom is 0.411 e. The number of methoxy groups -OCH3 is 1. The van der Waals surface area contributed by atoms with Crippen LogP contribution in [0.15, 0.2) is 54.6 Å². The van der Waals surface area contributed by atoms with Crippen molar-refractivity contribution < 1.29 is 33.4 Å². The highest BCUT2D eigenvalue weighted by molar-refractivity contribution is 5.91. The number of carbonyl (C=O) groups excluding carboxylic acids is 4. The Kier molecular flexibility index (Phi) is 9.70. The highest BCUT2D eigenvalue weighted by Gasteiger charge is 2.40. The third-order valence-corrected chi connectivity index (χ3v) is 5.83. The van der Waals surface area contributed by atoms with Gasteiger partial charge in [-0.15, -0.1) is 0 Å². The predicted molar refractivity (Wildman–Crippen MR) is 139 cm³/mol. The van der Waals surface area contributed by atoms with Gasteiger partial charge in [-0.1, -0.05) is 48.5 Å². The zero-order valence-electron chi connectivity index (χ0n) is 22.3. The van der Waals surface area contributed by atoms with Crippen LogP contribution in [0.3, 0.4) is 0 Å². The molecule has 3 rings (SSSR count). The van der Waals surface area contributed by atoms with Crippen molar-refractivity contribution in [2.45, 2.75) is 45.4 Å². The fourth-order valence-electron chi connectivity index (χ4n) is 3.96. The molecule has 10 heteroatoms. The minimum absolute atomic E-state index is 0.145. The van der Waals surface area contributed by atoms with Gasteiger partial charge >= 0.3 is 12.1 Å². The average molecular weight is 526 g/mol. The van der Waals surface area contributed by atoms with E-state index in [-0.39, 0.29) is 32.6 Å². The Morgan fingerprint density at radius 2 is 1.68 bits per heavy atom. The molecule has 3 amide bonds. The summed E-state index contributed by atoms with van der Waals surface area (Å²) in [5.41, 5.74) is 0.995. The first-order chi connectivity index (χ1) is 18.1. The highest BCUT2D eigenvalue weighted by Crippen LogP contribution is 2.26. The van der Waals surface area contributed by atoms with Gasteiger partial charge in [0.25, 0.3) is 0 Å². The fourth-order valence-corrected chi connectivity index (χ4v) is 3.96. The molecular formula is C28H35N3O7. The minimum Gasteiger partial charge on any atom is -0.489 e. The minimum atomic E-state index is -0.909. The smallest absolute Gasteiger partial charge is 0.411 e. The first-order valence-corrected chi connectivity index (χ1v) is 12.4. The number of para-hydroxylation sites is 1. The molecule has 1 N–H and O–H groups in total. The summed E-state index contributed by atoms with van der Waals surface area (Å²) in [7, 11) is 1.22. The van der Waals surface area contributed by atoms with E-state index in [0.717, 1.165) is 11.1 Å². The van der Waals surface area contributed by atoms with Crippen molar-refractivity contribution in [1.29, 1.82) is 0 Å². The number of hydrogen-bond acceptors (Lipinski definition) is 7. The molecule has 10 nitrogen and oxygen atoms in total. The Morgan fingerprint density at radius 3 is 2.37 bits per heavy atom. The number of piperazine rings is 1. The summed E-state index contributed by atoms with van der Waals surface area (Å²) in [5, 5.41) is 2.44. The Bertz CT molecular complexity index is 1130. The van der Waals surface area contributed by atoms with Gasteiger partial charge in [0.05, 0.1) is 13.7 Å². The van der Waals surface area contributed by atoms with Crippen LogP contribution in [0, 0.1) is 0 Å². The number of hydrogen-bond donors (Lipinski definition) is 1. The molecule has 1 heterocycles. The van der Waals surface area contributed by atoms with Crippen molar-refractivity contribution in [3.8, 4) is 5.75 Å². The summed E-state index contributed by atoms with van der Waals surface area (Å²) < 4.78 is 16.2. The van der Waals surface area contributed by atoms with Crippen LogP contribution in [-0.4, -0.2) is 78.6 Å². The number of nitrogens with one attached hydrogen (secondary N) is 1. The molecule has 1 aliphatic rings. The molecule has 0 radical (unpaired) electrons. The maximum atomic E-state index is 13.6. The van der Waals surface area contributed by atoms with Crippen LogP contribution in [0.25, 0.3) is 0 Å². The molecule has 1 fully saturated rings. The second kappa shape index (κ2) is 12.9. The van der Waals surface area contributed by atoms with Crippen molar-refractivity contribution in [2.75, 3.05) is 33.3 Å². The molecule has 0 saturated carbocycles. The highest BCUT2D eigenvalue weighted by atomic mass is 16.6. The summed E-state index contributed by atoms with van der Waals surface area (Å²) in [6, 6.07) is 16.2. The number of nitrogens with zero attached hydrogens (tertiary/aromatic N) is 2. The maximum absolute atomic E-state index is 13.6. The normalized spacial score (nSPS) is 15.6. The lowest BCUT2D eigenvalue weighted by molar-refractivity contribution is -0.145. The van der Waals surface area contributed by atoms with Crippen molar-refractivity contribution in [2.24, 2.45) is 0 Å². The van der Waals surface area contributed by atoms with Gasteiger partial charge in [-0.05, 0) is 38.0 Å². The van der Waals surface area contributed by atoms with Gasteiger partial charge in [-0.2, -0.15) is 0 Å². The average Bonchev–Trinajstić information content (AvgIpc) is 2.88. The lowest BCUT2D eigenvalue weighted by atomic mass is 10.0. The molecule has 204 valence electrons. The van der Waals surface area contributed by atoms with Crippen LogP contribution in [0.5, 0.6) is 5.75 Å². The van der Waals surface area contributed by atoms with Crippen LogP contribution in [0.1, 0.15) is 31.9 Å². The third kappa shape index (κ3) is 8.22. The van der Waals surface area contributed by atoms with E-state index >= 15 is 0 Å². The first-order valence-electron chi connectivity index (χ1n) is 12.4. The van der Waals surface area contributed by atoms with Gasteiger partial charge in [0.1, 0.15) is 30.5 Å². The zero-order chi connectivity index (χ0) is 27.7. The predicted octanol–water partition coefficient (Wildman–Crippen LogP) is 2.55. The number of benzene rings is 2. The van der Waals surface area contributed by atoms with Crippen LogP contribution in [0.2, 0.25) is 0 Å². The Labute approximate surface area is 222 Å². The van der Waals surface area contributed by atoms with Gasteiger partial charge in [-0.25, -0.2) is 4.79 Å². The fraction of sp³-hybridized carbons (Fsp3) is 0.429. The molecule has 2 aromatic rings. The van der Waals surface area contributed by atoms with Crippen LogP contribution < -0.4 is 10.1 Å². The summed E-state index contributed by atoms with van der Waals surface area (Å²) >= 11 is 0. The summed E-state index contributed by atoms with van der Waals surface area (Å²) in [6.45, 7) is 5.41. The lowest BCUT2D eigenvalue weighted by Crippen LogP contribution is -2.61. The van der Waals surface area contributed by atoms with E-state index in [1.807, 2.05) is 54.6 Å². The molecule has 1 atom stereocenters. The monoisotopic (exact) mass is 525 g/mol. The van der Waals surface area contributed by atoms with Gasteiger partial charge in [-0.3, -0.25) is 19.3 Å². The first kappa shape index (κ1) is 28.5. The summed E-state index contributed by atoms with van der Waals surface area (Å²) in [4.78, 5) is 53.2. The summed E-state index contributed by atoms with van der Waals surface area (Å²) in [6.07, 6.45) is -0.433. The molecule has 1 saturated heterocycles. The molecule has 0 aliphatic carbocycles. The quantitative estimate of drug-likeness (QED) is 0.501. The van der Waals surface area contributed by atoms with Gasteiger partial charge in [0.2, 0.25) is 11.8 Å². The molecule has 0 spiro atoms. The van der Waals surface area contributed by atoms with E-state index in [2.05, 4.69) is 10.1 Å². The van der Waals surface area contributed by atoms with E-state index < -0.39 is 35.5 Å². The zero-order valence-corrected chi connectivity index (χ0v) is 22.3. The molecule has 0 aromatic heterocycles. The van der Waals surface area contributed by atoms with E-state index in [1.54, 1.807) is 20.8 Å². The molecular weight excluding hydrogens is 490 g/mol. The number of esters is 1. The standard InChI is InChI=1S/C28H35N3O7/c1-28(2,3)38-27(35)31-15-14-30(18-24(32)29-17-25(33)36-4)26(34)22(31)16-21-12-8-9-13-23(21)37-19-20-10-6-5-7-11-20/h5-13,22H,14-19H2,1-4H3,(H,29,32). The molecule has 38 heavy (non-hydrogen) atoms. The van der Waals surface area contributed by atoms with Crippen molar-refractivity contribution in [3.05, 3.63) is 65.7 Å². The molecule has 0 bridgehead atoms. The Hall–Kier alpha value is -4.08. The topological polar surface area (TPSA) is 114 Å². The van der Waals surface area contributed by atoms with Crippen LogP contribution in [0.4, 0.5) is 4.79 Å². The van der Waals surface area contributed by atoms with Crippen molar-refractivity contribution in [3.63, 3.8) is 0 Å². The van der Waals surface area contributed by atoms with E-state index in [1.165, 1.54) is 16.9 Å². The summed E-state index contributed by atoms with van der Waals surface area (Å²) in [5.74, 6) is -0.890. The lowest BCUT2D eigenvalue weighted by Gasteiger charge is -2.40. The van der Waals surface area contributed by atoms with E-state index in [4.69, 9.17) is 9.47 Å². The molecule has 1 aliphatic heterocycles. The van der Waals surface area contributed by atoms with E-state index in [9.17, 15) is 19.2 Å². The third-order valence-electron chi connectivity index (χ3n) is 5.83. The SMILES string of the molecule is COC(=O)CNC(=O)CN1CCN(C(=O)OC(C)(C)C)C(Cc2ccccc2OCc2ccccc2)C1=O. The van der Waals surface area contributed by atoms with Crippen molar-refractivity contribution >= 4 is 23.9 Å². The molecule has 2 aromatic carbocycles. The molecule has 1 unspecified atom stereocenters. The van der Waals surface area contributed by atoms with E-state index in [0.29, 0.717) is 12.4 Å². The van der Waals surface area contributed by atoms with Gasteiger partial charge in [0.15, 0.2) is 0 Å². The second-order valence-corrected chi connectivity index (χ2v) is 9.89. The largest absolute Gasteiger partial charge is 0.489 e. The van der Waals surface area contributed by atoms with Gasteiger partial charge < -0.3 is 24.4 Å². The number of carbonyl (C=O) groups is 4.